The summed E-state index contributed by atoms with van der Waals surface area (Å²) >= 11 is 0. The zero-order valence-corrected chi connectivity index (χ0v) is 13.8. The highest BCUT2D eigenvalue weighted by atomic mass is 16.4. The molecule has 0 spiro atoms. The van der Waals surface area contributed by atoms with E-state index < -0.39 is 5.97 Å². The van der Waals surface area contributed by atoms with E-state index in [1.165, 1.54) is 6.42 Å². The van der Waals surface area contributed by atoms with Crippen molar-refractivity contribution in [3.05, 3.63) is 0 Å². The topological polar surface area (TPSA) is 69.6 Å². The second kappa shape index (κ2) is 8.37. The molecule has 0 aliphatic heterocycles. The number of nitrogens with one attached hydrogen (secondary N) is 1. The fourth-order valence-corrected chi connectivity index (χ4v) is 3.13. The molecule has 1 aliphatic rings. The molecular weight excluding hydrogens is 268 g/mol. The number of hydrogen-bond acceptors (Lipinski definition) is 3. The third-order valence-corrected chi connectivity index (χ3v) is 4.40. The summed E-state index contributed by atoms with van der Waals surface area (Å²) in [5.74, 6) is 0.521. The van der Waals surface area contributed by atoms with Gasteiger partial charge in [-0.25, -0.2) is 0 Å². The molecule has 5 heteroatoms. The molecule has 0 bridgehead atoms. The van der Waals surface area contributed by atoms with Crippen molar-refractivity contribution in [2.75, 3.05) is 19.6 Å². The lowest BCUT2D eigenvalue weighted by atomic mass is 9.78. The summed E-state index contributed by atoms with van der Waals surface area (Å²) in [6.07, 6.45) is 3.41. The smallest absolute Gasteiger partial charge is 0.317 e. The maximum atomic E-state index is 12.2. The number of carboxylic acid groups (broad SMARTS) is 1. The molecule has 0 heterocycles. The van der Waals surface area contributed by atoms with Gasteiger partial charge in [0.05, 0.1) is 13.1 Å². The quantitative estimate of drug-likeness (QED) is 0.754. The van der Waals surface area contributed by atoms with Crippen LogP contribution in [0.5, 0.6) is 0 Å². The Hall–Kier alpha value is -1.10. The van der Waals surface area contributed by atoms with Crippen molar-refractivity contribution in [2.24, 2.45) is 17.8 Å². The predicted octanol–water partition coefficient (Wildman–Crippen LogP) is 1.97. The van der Waals surface area contributed by atoms with Crippen molar-refractivity contribution in [2.45, 2.75) is 53.0 Å². The van der Waals surface area contributed by atoms with Gasteiger partial charge < -0.3 is 10.4 Å². The van der Waals surface area contributed by atoms with E-state index in [4.69, 9.17) is 5.11 Å². The van der Waals surface area contributed by atoms with Crippen molar-refractivity contribution in [3.63, 3.8) is 0 Å². The molecule has 1 amide bonds. The summed E-state index contributed by atoms with van der Waals surface area (Å²) in [5, 5.41) is 12.0. The summed E-state index contributed by atoms with van der Waals surface area (Å²) in [4.78, 5) is 24.8. The van der Waals surface area contributed by atoms with Crippen LogP contribution in [-0.4, -0.2) is 47.6 Å². The van der Waals surface area contributed by atoms with Crippen LogP contribution in [-0.2, 0) is 9.59 Å². The first kappa shape index (κ1) is 18.0. The zero-order valence-electron chi connectivity index (χ0n) is 13.8. The first-order valence-corrected chi connectivity index (χ1v) is 8.03. The predicted molar refractivity (Wildman–Crippen MR) is 83.0 cm³/mol. The number of rotatable bonds is 7. The normalized spacial score (nSPS) is 26.1. The van der Waals surface area contributed by atoms with E-state index in [-0.39, 0.29) is 25.0 Å². The molecular formula is C16H30N2O3. The fourth-order valence-electron chi connectivity index (χ4n) is 3.13. The molecule has 122 valence electrons. The minimum Gasteiger partial charge on any atom is -0.480 e. The largest absolute Gasteiger partial charge is 0.480 e. The van der Waals surface area contributed by atoms with Crippen LogP contribution in [0.2, 0.25) is 0 Å². The van der Waals surface area contributed by atoms with Crippen LogP contribution in [0.3, 0.4) is 0 Å². The van der Waals surface area contributed by atoms with E-state index in [0.717, 1.165) is 12.8 Å². The Labute approximate surface area is 128 Å². The summed E-state index contributed by atoms with van der Waals surface area (Å²) in [7, 11) is 0. The van der Waals surface area contributed by atoms with E-state index in [1.54, 1.807) is 4.90 Å². The molecule has 0 saturated heterocycles. The van der Waals surface area contributed by atoms with Crippen LogP contribution in [0.25, 0.3) is 0 Å². The lowest BCUT2D eigenvalue weighted by Gasteiger charge is -2.35. The molecule has 1 fully saturated rings. The molecule has 2 N–H and O–H groups in total. The van der Waals surface area contributed by atoms with Gasteiger partial charge in [-0.1, -0.05) is 40.5 Å². The monoisotopic (exact) mass is 298 g/mol. The highest BCUT2D eigenvalue weighted by molar-refractivity contribution is 5.79. The lowest BCUT2D eigenvalue weighted by Crippen LogP contribution is -2.48. The molecule has 0 aromatic rings. The lowest BCUT2D eigenvalue weighted by molar-refractivity contribution is -0.138. The number of carboxylic acids is 1. The molecule has 21 heavy (non-hydrogen) atoms. The number of carbonyl (C=O) groups is 2. The molecule has 1 saturated carbocycles. The van der Waals surface area contributed by atoms with Gasteiger partial charge in [0.2, 0.25) is 5.91 Å². The van der Waals surface area contributed by atoms with Crippen molar-refractivity contribution < 1.29 is 14.7 Å². The number of aliphatic carboxylic acids is 1. The maximum absolute atomic E-state index is 12.2. The van der Waals surface area contributed by atoms with Crippen molar-refractivity contribution >= 4 is 11.9 Å². The third kappa shape index (κ3) is 6.46. The Bertz CT molecular complexity index is 357. The van der Waals surface area contributed by atoms with Gasteiger partial charge in [-0.3, -0.25) is 14.5 Å². The van der Waals surface area contributed by atoms with Crippen LogP contribution < -0.4 is 5.32 Å². The number of hydrogen-bond donors (Lipinski definition) is 2. The number of nitrogens with zero attached hydrogens (tertiary/aromatic N) is 1. The first-order valence-electron chi connectivity index (χ1n) is 8.03. The molecule has 0 radical (unpaired) electrons. The van der Waals surface area contributed by atoms with E-state index in [2.05, 4.69) is 19.2 Å². The SMILES string of the molecule is CC(C)CN(CC(=O)O)CC(=O)NC1CCCC(C)C1C. The average Bonchev–Trinajstić information content (AvgIpc) is 2.33. The van der Waals surface area contributed by atoms with Gasteiger partial charge in [0.1, 0.15) is 0 Å². The second-order valence-electron chi connectivity index (χ2n) is 6.90. The van der Waals surface area contributed by atoms with E-state index in [0.29, 0.717) is 24.3 Å². The molecule has 0 aromatic carbocycles. The van der Waals surface area contributed by atoms with Crippen molar-refractivity contribution in [1.29, 1.82) is 0 Å². The van der Waals surface area contributed by atoms with Crippen LogP contribution in [0.1, 0.15) is 47.0 Å². The van der Waals surface area contributed by atoms with Gasteiger partial charge >= 0.3 is 5.97 Å². The maximum Gasteiger partial charge on any atom is 0.317 e. The standard InChI is InChI=1S/C16H30N2O3/c1-11(2)8-18(10-16(20)21)9-15(19)17-14-7-5-6-12(3)13(14)4/h11-14H,5-10H2,1-4H3,(H,17,19)(H,20,21). The number of carbonyl (C=O) groups excluding carboxylic acids is 1. The highest BCUT2D eigenvalue weighted by Gasteiger charge is 2.28. The summed E-state index contributed by atoms with van der Waals surface area (Å²) in [6, 6.07) is 0.229. The zero-order chi connectivity index (χ0) is 16.0. The number of amides is 1. The molecule has 0 aromatic heterocycles. The average molecular weight is 298 g/mol. The van der Waals surface area contributed by atoms with E-state index in [9.17, 15) is 9.59 Å². The minimum atomic E-state index is -0.886. The van der Waals surface area contributed by atoms with Gasteiger partial charge in [0, 0.05) is 12.6 Å². The van der Waals surface area contributed by atoms with Gasteiger partial charge in [-0.15, -0.1) is 0 Å². The minimum absolute atomic E-state index is 0.0529. The summed E-state index contributed by atoms with van der Waals surface area (Å²) in [6.45, 7) is 9.19. The third-order valence-electron chi connectivity index (χ3n) is 4.40. The summed E-state index contributed by atoms with van der Waals surface area (Å²) in [5.41, 5.74) is 0. The van der Waals surface area contributed by atoms with Crippen LogP contribution >= 0.6 is 0 Å². The Kier molecular flexibility index (Phi) is 7.15. The van der Waals surface area contributed by atoms with Crippen LogP contribution in [0.4, 0.5) is 0 Å². The fraction of sp³-hybridized carbons (Fsp3) is 0.875. The van der Waals surface area contributed by atoms with Crippen molar-refractivity contribution in [3.8, 4) is 0 Å². The Morgan fingerprint density at radius 1 is 1.24 bits per heavy atom. The highest BCUT2D eigenvalue weighted by Crippen LogP contribution is 2.29. The van der Waals surface area contributed by atoms with E-state index in [1.807, 2.05) is 13.8 Å². The van der Waals surface area contributed by atoms with E-state index >= 15 is 0 Å². The molecule has 1 aliphatic carbocycles. The Morgan fingerprint density at radius 3 is 2.48 bits per heavy atom. The molecule has 3 unspecified atom stereocenters. The van der Waals surface area contributed by atoms with Crippen LogP contribution in [0, 0.1) is 17.8 Å². The first-order chi connectivity index (χ1) is 9.79. The van der Waals surface area contributed by atoms with Gasteiger partial charge in [-0.2, -0.15) is 0 Å². The van der Waals surface area contributed by atoms with Crippen molar-refractivity contribution in [1.82, 2.24) is 10.2 Å². The molecule has 1 rings (SSSR count). The van der Waals surface area contributed by atoms with Gasteiger partial charge in [0.15, 0.2) is 0 Å². The van der Waals surface area contributed by atoms with Gasteiger partial charge in [-0.05, 0) is 24.2 Å². The second-order valence-corrected chi connectivity index (χ2v) is 6.90. The Morgan fingerprint density at radius 2 is 1.90 bits per heavy atom. The van der Waals surface area contributed by atoms with Crippen LogP contribution in [0.15, 0.2) is 0 Å². The van der Waals surface area contributed by atoms with Gasteiger partial charge in [0.25, 0.3) is 0 Å². The summed E-state index contributed by atoms with van der Waals surface area (Å²) < 4.78 is 0. The Balaban J connectivity index is 2.50. The molecule has 5 nitrogen and oxygen atoms in total. The molecule has 3 atom stereocenters.